The summed E-state index contributed by atoms with van der Waals surface area (Å²) in [6, 6.07) is 16.3. The molecule has 8 rings (SSSR count). The van der Waals surface area contributed by atoms with Crippen LogP contribution in [-0.2, 0) is 80.7 Å². The molecule has 0 aromatic heterocycles. The van der Waals surface area contributed by atoms with Crippen molar-refractivity contribution in [1.29, 1.82) is 0 Å². The Morgan fingerprint density at radius 2 is 0.578 bits per heavy atom. The third-order valence-electron chi connectivity index (χ3n) is 17.3. The number of amides is 5. The predicted molar refractivity (Wildman–Crippen MR) is 400 cm³/mol. The van der Waals surface area contributed by atoms with Crippen LogP contribution in [0.5, 0.6) is 0 Å². The average molecular weight is 1540 g/mol. The van der Waals surface area contributed by atoms with Gasteiger partial charge >= 0.3 is 0 Å². The van der Waals surface area contributed by atoms with E-state index >= 15 is 0 Å². The Hall–Kier alpha value is -7.71. The number of carbonyl (C=O) groups is 5. The number of benzene rings is 5. The zero-order valence-corrected chi connectivity index (χ0v) is 65.6. The first-order valence-electron chi connectivity index (χ1n) is 37.8. The molecular formula is C84H115F10N5O10. The number of rotatable bonds is 35. The molecule has 5 aromatic rings. The highest BCUT2D eigenvalue weighted by atomic mass is 19.2. The monoisotopic (exact) mass is 1540 g/mol. The lowest BCUT2D eigenvalue weighted by atomic mass is 9.81. The highest BCUT2D eigenvalue weighted by Gasteiger charge is 2.37. The van der Waals surface area contributed by atoms with Crippen molar-refractivity contribution < 1.29 is 91.6 Å². The Morgan fingerprint density at radius 1 is 0.358 bits per heavy atom. The SMILES string of the molecule is C=C(C)CC(OCc1cc(F)cc(F)c1)C(=O)NC(C)C.CC(C)CC(OCc1cc(F)cc(F)c1)C(=O)NC(C)C.CC(C)NC(=O)C(CC1CC1C)OCc1cc(F)cc(F)c1.CC(C)NC(=O)C(CC1CCC1)OCc1cc(F)cc(F)c1.CC(C)NC(=O)C(CC1CCCC1)OCc1cc(F)cc(F)c1. The standard InChI is InChI=1S/C18H25F2NO2.2C17H23F2NO2.C16H23F2NO2.C16H21F2NO2/c1-12(2)21-18(22)17(9-13-5-3-4-6-13)23-11-14-7-15(19)10-16(20)8-14;1-10(2)20-17(21)16(7-13-4-11(13)3)22-9-12-5-14(18)8-15(19)6-12;1-11(2)20-17(21)16(8-12-4-3-5-12)22-10-13-6-14(18)9-15(19)7-13;2*1-10(2)5-15(16(20)19-11(3)4)21-9-12-6-13(17)8-14(18)7-12/h7-8,10,12-13,17H,3-6,9,11H2,1-2H3,(H,21,22);5-6,8,10-11,13,16H,4,7,9H2,1-3H3,(H,20,21);6-7,9,11-12,16H,3-5,8,10H2,1-2H3,(H,20,21);6-8,10-11,15H,5,9H2,1-4H3,(H,19,20);6-8,11,15H,1,5,9H2,2-4H3,(H,19,20). The summed E-state index contributed by atoms with van der Waals surface area (Å²) < 4.78 is 160. The Bertz CT molecular complexity index is 3460. The predicted octanol–water partition coefficient (Wildman–Crippen LogP) is 17.7. The second kappa shape index (κ2) is 48.2. The quantitative estimate of drug-likeness (QED) is 0.0193. The molecule has 5 amide bonds. The maximum Gasteiger partial charge on any atom is 0.249 e. The van der Waals surface area contributed by atoms with E-state index in [1.165, 1.54) is 79.9 Å². The number of hydrogen-bond acceptors (Lipinski definition) is 10. The van der Waals surface area contributed by atoms with Crippen molar-refractivity contribution in [2.75, 3.05) is 0 Å². The normalized spacial score (nSPS) is 16.1. The van der Waals surface area contributed by atoms with E-state index in [1.54, 1.807) is 6.92 Å². The van der Waals surface area contributed by atoms with Gasteiger partial charge in [-0.25, -0.2) is 43.9 Å². The molecule has 606 valence electrons. The van der Waals surface area contributed by atoms with Gasteiger partial charge in [-0.2, -0.15) is 0 Å². The van der Waals surface area contributed by atoms with Crippen LogP contribution in [0.1, 0.15) is 208 Å². The molecule has 5 aromatic carbocycles. The zero-order valence-electron chi connectivity index (χ0n) is 65.6. The van der Waals surface area contributed by atoms with Crippen LogP contribution in [0.15, 0.2) is 103 Å². The van der Waals surface area contributed by atoms with Gasteiger partial charge in [-0.3, -0.25) is 24.0 Å². The van der Waals surface area contributed by atoms with Crippen LogP contribution in [0, 0.1) is 87.8 Å². The molecule has 3 aliphatic carbocycles. The van der Waals surface area contributed by atoms with Crippen molar-refractivity contribution in [3.05, 3.63) is 189 Å². The molecule has 7 atom stereocenters. The first-order valence-corrected chi connectivity index (χ1v) is 37.8. The van der Waals surface area contributed by atoms with Gasteiger partial charge in [0.2, 0.25) is 29.5 Å². The number of carbonyl (C=O) groups excluding carboxylic acids is 5. The average Bonchev–Trinajstić information content (AvgIpc) is 1.79. The maximum atomic E-state index is 13.2. The molecule has 3 fully saturated rings. The van der Waals surface area contributed by atoms with Gasteiger partial charge in [-0.15, -0.1) is 6.58 Å². The van der Waals surface area contributed by atoms with Crippen molar-refractivity contribution >= 4 is 29.5 Å². The minimum atomic E-state index is -0.726. The number of hydrogen-bond donors (Lipinski definition) is 5. The van der Waals surface area contributed by atoms with Gasteiger partial charge in [-0.05, 0) is 226 Å². The fraction of sp³-hybridized carbons (Fsp3) is 0.560. The largest absolute Gasteiger partial charge is 0.364 e. The fourth-order valence-corrected chi connectivity index (χ4v) is 11.9. The van der Waals surface area contributed by atoms with Crippen LogP contribution < -0.4 is 26.6 Å². The van der Waals surface area contributed by atoms with E-state index in [9.17, 15) is 67.9 Å². The molecule has 0 aliphatic heterocycles. The van der Waals surface area contributed by atoms with Gasteiger partial charge < -0.3 is 50.3 Å². The first-order chi connectivity index (χ1) is 51.3. The topological polar surface area (TPSA) is 192 Å². The molecular weight excluding hydrogens is 1430 g/mol. The Balaban J connectivity index is 0.000000288. The summed E-state index contributed by atoms with van der Waals surface area (Å²) in [6.07, 6.45) is 8.94. The second-order valence-corrected chi connectivity index (χ2v) is 30.6. The van der Waals surface area contributed by atoms with E-state index in [4.69, 9.17) is 23.7 Å². The van der Waals surface area contributed by atoms with Crippen molar-refractivity contribution in [3.8, 4) is 0 Å². The third-order valence-corrected chi connectivity index (χ3v) is 17.3. The Morgan fingerprint density at radius 3 is 0.798 bits per heavy atom. The molecule has 15 nitrogen and oxygen atoms in total. The van der Waals surface area contributed by atoms with Gasteiger partial charge in [0.1, 0.15) is 88.7 Å². The van der Waals surface area contributed by atoms with Gasteiger partial charge in [-0.1, -0.05) is 71.3 Å². The Labute approximate surface area is 637 Å². The molecule has 0 bridgehead atoms. The van der Waals surface area contributed by atoms with Gasteiger partial charge in [0, 0.05) is 67.0 Å². The molecule has 7 unspecified atom stereocenters. The van der Waals surface area contributed by atoms with Crippen LogP contribution in [0.4, 0.5) is 43.9 Å². The van der Waals surface area contributed by atoms with E-state index in [0.717, 1.165) is 68.0 Å². The minimum absolute atomic E-state index is 0.00240. The van der Waals surface area contributed by atoms with Crippen molar-refractivity contribution in [2.45, 2.75) is 274 Å². The van der Waals surface area contributed by atoms with E-state index in [2.05, 4.69) is 40.1 Å². The highest BCUT2D eigenvalue weighted by molar-refractivity contribution is 5.83. The van der Waals surface area contributed by atoms with E-state index < -0.39 is 88.7 Å². The van der Waals surface area contributed by atoms with E-state index in [1.807, 2.05) is 83.1 Å². The molecule has 0 heterocycles. The summed E-state index contributed by atoms with van der Waals surface area (Å²) in [5, 5.41) is 14.1. The summed E-state index contributed by atoms with van der Waals surface area (Å²) in [6.45, 7) is 30.5. The smallest absolute Gasteiger partial charge is 0.249 e. The fourth-order valence-electron chi connectivity index (χ4n) is 11.9. The summed E-state index contributed by atoms with van der Waals surface area (Å²) in [4.78, 5) is 60.8. The van der Waals surface area contributed by atoms with Crippen molar-refractivity contribution in [1.82, 2.24) is 26.6 Å². The Kier molecular flexibility index (Phi) is 41.4. The summed E-state index contributed by atoms with van der Waals surface area (Å²) in [5.41, 5.74) is 2.70. The summed E-state index contributed by atoms with van der Waals surface area (Å²) >= 11 is 0. The third kappa shape index (κ3) is 39.7. The molecule has 0 spiro atoms. The van der Waals surface area contributed by atoms with Crippen molar-refractivity contribution in [3.63, 3.8) is 0 Å². The highest BCUT2D eigenvalue weighted by Crippen LogP contribution is 2.42. The first kappa shape index (κ1) is 93.7. The summed E-state index contributed by atoms with van der Waals surface area (Å²) in [5.74, 6) is -5.02. The molecule has 0 radical (unpaired) electrons. The molecule has 0 saturated heterocycles. The molecule has 3 aliphatic rings. The van der Waals surface area contributed by atoms with Crippen molar-refractivity contribution in [2.24, 2.45) is 29.6 Å². The molecule has 3 saturated carbocycles. The van der Waals surface area contributed by atoms with Crippen LogP contribution in [0.2, 0.25) is 0 Å². The number of nitrogens with one attached hydrogen (secondary N) is 5. The van der Waals surface area contributed by atoms with Crippen LogP contribution in [0.25, 0.3) is 0 Å². The molecule has 25 heteroatoms. The zero-order chi connectivity index (χ0) is 81.2. The maximum absolute atomic E-state index is 13.2. The van der Waals surface area contributed by atoms with E-state index in [0.29, 0.717) is 83.6 Å². The number of halogens is 10. The minimum Gasteiger partial charge on any atom is -0.364 e. The molecule has 5 N–H and O–H groups in total. The van der Waals surface area contributed by atoms with Gasteiger partial charge in [0.05, 0.1) is 33.0 Å². The second-order valence-electron chi connectivity index (χ2n) is 30.6. The van der Waals surface area contributed by atoms with Gasteiger partial charge in [0.15, 0.2) is 0 Å². The summed E-state index contributed by atoms with van der Waals surface area (Å²) in [7, 11) is 0. The van der Waals surface area contributed by atoms with Crippen LogP contribution >= 0.6 is 0 Å². The molecule has 109 heavy (non-hydrogen) atoms. The number of ether oxygens (including phenoxy) is 5. The lowest BCUT2D eigenvalue weighted by molar-refractivity contribution is -0.136. The lowest BCUT2D eigenvalue weighted by Crippen LogP contribution is -2.41. The van der Waals surface area contributed by atoms with E-state index in [-0.39, 0.29) is 98.7 Å². The van der Waals surface area contributed by atoms with Crippen LogP contribution in [-0.4, -0.2) is 90.3 Å². The van der Waals surface area contributed by atoms with Gasteiger partial charge in [0.25, 0.3) is 0 Å². The van der Waals surface area contributed by atoms with Crippen LogP contribution in [0.3, 0.4) is 0 Å². The lowest BCUT2D eigenvalue weighted by Gasteiger charge is -2.29.